The minimum atomic E-state index is -2.02. The quantitative estimate of drug-likeness (QED) is 0.0851. The summed E-state index contributed by atoms with van der Waals surface area (Å²) in [5.74, 6) is -0.680. The van der Waals surface area contributed by atoms with Crippen molar-refractivity contribution in [3.05, 3.63) is 26.5 Å². The van der Waals surface area contributed by atoms with Gasteiger partial charge in [0.25, 0.3) is 0 Å². The number of esters is 1. The molecule has 11 heteroatoms. The number of carbonyl (C=O) groups is 2. The highest BCUT2D eigenvalue weighted by Crippen LogP contribution is 2.35. The molecule has 9 nitrogen and oxygen atoms in total. The van der Waals surface area contributed by atoms with Crippen LogP contribution in [0.25, 0.3) is 10.4 Å². The van der Waals surface area contributed by atoms with Gasteiger partial charge in [-0.05, 0) is 48.8 Å². The summed E-state index contributed by atoms with van der Waals surface area (Å²) in [5, 5.41) is 9.31. The lowest BCUT2D eigenvalue weighted by molar-refractivity contribution is -0.124. The molecular weight excluding hydrogens is 482 g/mol. The van der Waals surface area contributed by atoms with Gasteiger partial charge < -0.3 is 14.5 Å². The predicted molar refractivity (Wildman–Crippen MR) is 143 cm³/mol. The average molecular weight is 526 g/mol. The van der Waals surface area contributed by atoms with Crippen LogP contribution in [0, 0.1) is 11.8 Å². The van der Waals surface area contributed by atoms with Crippen molar-refractivity contribution in [3.8, 4) is 0 Å². The number of rotatable bonds is 16. The zero-order chi connectivity index (χ0) is 26.6. The smallest absolute Gasteiger partial charge is 0.357 e. The van der Waals surface area contributed by atoms with Gasteiger partial charge >= 0.3 is 5.97 Å². The Labute approximate surface area is 215 Å². The van der Waals surface area contributed by atoms with E-state index in [4.69, 9.17) is 14.7 Å². The molecule has 0 bridgehead atoms. The van der Waals surface area contributed by atoms with Crippen LogP contribution >= 0.6 is 11.3 Å². The highest BCUT2D eigenvalue weighted by Gasteiger charge is 2.36. The molecule has 0 aliphatic carbocycles. The van der Waals surface area contributed by atoms with Crippen molar-refractivity contribution < 1.29 is 18.8 Å². The molecule has 0 aromatic carbocycles. The van der Waals surface area contributed by atoms with Crippen LogP contribution in [0.3, 0.4) is 0 Å². The fourth-order valence-electron chi connectivity index (χ4n) is 3.94. The van der Waals surface area contributed by atoms with Crippen LogP contribution in [0.4, 0.5) is 0 Å². The first-order chi connectivity index (χ1) is 16.6. The molecular formula is C24H43N5O4SSi. The first kappa shape index (κ1) is 31.1. The van der Waals surface area contributed by atoms with E-state index in [1.54, 1.807) is 12.3 Å². The van der Waals surface area contributed by atoms with Gasteiger partial charge in [0.05, 0.1) is 12.7 Å². The van der Waals surface area contributed by atoms with Gasteiger partial charge in [0.1, 0.15) is 11.0 Å². The van der Waals surface area contributed by atoms with E-state index in [0.717, 1.165) is 24.6 Å². The van der Waals surface area contributed by atoms with Crippen LogP contribution < -0.4 is 5.32 Å². The zero-order valence-electron chi connectivity index (χ0n) is 22.5. The highest BCUT2D eigenvalue weighted by molar-refractivity contribution is 7.09. The van der Waals surface area contributed by atoms with Gasteiger partial charge in [-0.15, -0.1) is 11.3 Å². The van der Waals surface area contributed by atoms with Gasteiger partial charge in [0.15, 0.2) is 14.0 Å². The predicted octanol–water partition coefficient (Wildman–Crippen LogP) is 6.64. The number of thiazole rings is 1. The molecule has 0 saturated carbocycles. The van der Waals surface area contributed by atoms with Crippen LogP contribution in [-0.4, -0.2) is 43.9 Å². The fraction of sp³-hybridized carbons (Fsp3) is 0.792. The fourth-order valence-corrected chi connectivity index (χ4v) is 7.66. The molecule has 1 aromatic rings. The maximum absolute atomic E-state index is 13.1. The summed E-state index contributed by atoms with van der Waals surface area (Å²) in [6.07, 6.45) is 0.879. The first-order valence-corrected chi connectivity index (χ1v) is 16.2. The van der Waals surface area contributed by atoms with Gasteiger partial charge in [0.2, 0.25) is 5.91 Å². The third-order valence-electron chi connectivity index (χ3n) is 6.84. The zero-order valence-corrected chi connectivity index (χ0v) is 24.4. The van der Waals surface area contributed by atoms with Crippen LogP contribution in [0.15, 0.2) is 10.5 Å². The number of carbonyl (C=O) groups excluding carboxylic acids is 2. The molecule has 1 amide bonds. The van der Waals surface area contributed by atoms with Crippen molar-refractivity contribution in [2.75, 3.05) is 6.61 Å². The first-order valence-electron chi connectivity index (χ1n) is 12.8. The third kappa shape index (κ3) is 8.90. The van der Waals surface area contributed by atoms with Gasteiger partial charge in [-0.25, -0.2) is 9.78 Å². The SMILES string of the molecule is CCOC(=O)c1csc([C@@H](C[C@@H](NC(=O)C(N=[N+]=[N-])[C@@H](C)CC)C(C)C)O[Si](CC)(CC)CC)n1. The Balaban J connectivity index is 3.30. The van der Waals surface area contributed by atoms with E-state index < -0.39 is 20.3 Å². The molecule has 198 valence electrons. The lowest BCUT2D eigenvalue weighted by Crippen LogP contribution is -2.47. The molecule has 0 fully saturated rings. The van der Waals surface area contributed by atoms with Crippen molar-refractivity contribution in [1.82, 2.24) is 10.3 Å². The Morgan fingerprint density at radius 1 is 1.17 bits per heavy atom. The number of hydrogen-bond donors (Lipinski definition) is 1. The molecule has 1 heterocycles. The second kappa shape index (κ2) is 15.2. The highest BCUT2D eigenvalue weighted by atomic mass is 32.1. The molecule has 1 N–H and O–H groups in total. The molecule has 35 heavy (non-hydrogen) atoms. The topological polar surface area (TPSA) is 126 Å². The van der Waals surface area contributed by atoms with E-state index in [9.17, 15) is 9.59 Å². The summed E-state index contributed by atoms with van der Waals surface area (Å²) >= 11 is 1.39. The Morgan fingerprint density at radius 3 is 2.29 bits per heavy atom. The van der Waals surface area contributed by atoms with Crippen molar-refractivity contribution in [1.29, 1.82) is 0 Å². The van der Waals surface area contributed by atoms with E-state index in [-0.39, 0.29) is 42.2 Å². The summed E-state index contributed by atoms with van der Waals surface area (Å²) in [6.45, 7) is 16.5. The summed E-state index contributed by atoms with van der Waals surface area (Å²) in [5.41, 5.74) is 9.26. The Bertz CT molecular complexity index is 846. The van der Waals surface area contributed by atoms with Gasteiger partial charge in [-0.1, -0.05) is 60.0 Å². The number of amides is 1. The lowest BCUT2D eigenvalue weighted by Gasteiger charge is -2.35. The third-order valence-corrected chi connectivity index (χ3v) is 12.4. The molecule has 1 rings (SSSR count). The number of nitrogens with one attached hydrogen (secondary N) is 1. The van der Waals surface area contributed by atoms with Crippen LogP contribution in [-0.2, 0) is 14.0 Å². The minimum absolute atomic E-state index is 0.0720. The number of nitrogens with zero attached hydrogens (tertiary/aromatic N) is 4. The molecule has 4 atom stereocenters. The Kier molecular flexibility index (Phi) is 13.5. The van der Waals surface area contributed by atoms with E-state index >= 15 is 0 Å². The molecule has 0 spiro atoms. The molecule has 1 aromatic heterocycles. The van der Waals surface area contributed by atoms with Crippen molar-refractivity contribution in [2.24, 2.45) is 17.0 Å². The average Bonchev–Trinajstić information content (AvgIpc) is 3.34. The number of aromatic nitrogens is 1. The van der Waals surface area contributed by atoms with Gasteiger partial charge in [0, 0.05) is 16.3 Å². The summed E-state index contributed by atoms with van der Waals surface area (Å²) in [4.78, 5) is 32.8. The van der Waals surface area contributed by atoms with E-state index in [1.165, 1.54) is 11.3 Å². The Hall–Kier alpha value is -1.94. The summed E-state index contributed by atoms with van der Waals surface area (Å²) in [6, 6.07) is 1.92. The largest absolute Gasteiger partial charge is 0.461 e. The van der Waals surface area contributed by atoms with Crippen LogP contribution in [0.5, 0.6) is 0 Å². The molecule has 0 radical (unpaired) electrons. The monoisotopic (exact) mass is 525 g/mol. The van der Waals surface area contributed by atoms with Crippen molar-refractivity contribution in [2.45, 2.75) is 105 Å². The Morgan fingerprint density at radius 2 is 1.80 bits per heavy atom. The summed E-state index contributed by atoms with van der Waals surface area (Å²) < 4.78 is 12.0. The maximum Gasteiger partial charge on any atom is 0.357 e. The van der Waals surface area contributed by atoms with E-state index in [0.29, 0.717) is 11.4 Å². The second-order valence-corrected chi connectivity index (χ2v) is 14.9. The number of azide groups is 1. The van der Waals surface area contributed by atoms with Crippen molar-refractivity contribution >= 4 is 31.5 Å². The lowest BCUT2D eigenvalue weighted by atomic mass is 9.95. The standard InChI is InChI=1S/C24H43N5O4SSi/c1-9-17(8)21(28-29-25)22(30)26-18(16(6)7)14-20(33-35(11-3,12-4)13-5)23-27-19(15-34-23)24(31)32-10-2/h15-18,20-21H,9-14H2,1-8H3,(H,26,30)/t17-,18+,20+,21?/m0/s1. The van der Waals surface area contributed by atoms with Crippen LogP contribution in [0.1, 0.15) is 89.8 Å². The second-order valence-electron chi connectivity index (χ2n) is 9.27. The maximum atomic E-state index is 13.1. The van der Waals surface area contributed by atoms with Gasteiger partial charge in [-0.2, -0.15) is 0 Å². The van der Waals surface area contributed by atoms with E-state index in [2.05, 4.69) is 41.1 Å². The normalized spacial score (nSPS) is 15.1. The molecule has 1 unspecified atom stereocenters. The van der Waals surface area contributed by atoms with Gasteiger partial charge in [-0.3, -0.25) is 4.79 Å². The number of hydrogen-bond acceptors (Lipinski definition) is 7. The molecule has 0 aliphatic rings. The number of ether oxygens (including phenoxy) is 1. The summed E-state index contributed by atoms with van der Waals surface area (Å²) in [7, 11) is -2.02. The van der Waals surface area contributed by atoms with Crippen molar-refractivity contribution in [3.63, 3.8) is 0 Å². The van der Waals surface area contributed by atoms with Crippen LogP contribution in [0.2, 0.25) is 18.1 Å². The van der Waals surface area contributed by atoms with E-state index in [1.807, 2.05) is 27.7 Å². The minimum Gasteiger partial charge on any atom is -0.461 e. The molecule has 0 aliphatic heterocycles. The molecule has 0 saturated heterocycles.